The zero-order valence-electron chi connectivity index (χ0n) is 11.4. The average Bonchev–Trinajstić information content (AvgIpc) is 2.34. The van der Waals surface area contributed by atoms with Crippen molar-refractivity contribution in [3.8, 4) is 0 Å². The Kier molecular flexibility index (Phi) is 4.68. The first-order chi connectivity index (χ1) is 8.57. The van der Waals surface area contributed by atoms with E-state index in [1.54, 1.807) is 0 Å². The summed E-state index contributed by atoms with van der Waals surface area (Å²) in [7, 11) is 0. The molecule has 18 heavy (non-hydrogen) atoms. The quantitative estimate of drug-likeness (QED) is 0.905. The SMILES string of the molecule is CC1(C)CCN(CCNc2ccccc2Br)CC1. The molecule has 0 atom stereocenters. The van der Waals surface area contributed by atoms with Crippen LogP contribution in [-0.2, 0) is 0 Å². The van der Waals surface area contributed by atoms with Crippen LogP contribution in [0.2, 0.25) is 0 Å². The molecule has 100 valence electrons. The van der Waals surface area contributed by atoms with Crippen LogP contribution in [0.1, 0.15) is 26.7 Å². The van der Waals surface area contributed by atoms with Crippen molar-refractivity contribution in [3.05, 3.63) is 28.7 Å². The van der Waals surface area contributed by atoms with Gasteiger partial charge in [0.25, 0.3) is 0 Å². The van der Waals surface area contributed by atoms with Crippen LogP contribution in [-0.4, -0.2) is 31.1 Å². The van der Waals surface area contributed by atoms with Crippen molar-refractivity contribution in [3.63, 3.8) is 0 Å². The van der Waals surface area contributed by atoms with E-state index < -0.39 is 0 Å². The fraction of sp³-hybridized carbons (Fsp3) is 0.600. The lowest BCUT2D eigenvalue weighted by molar-refractivity contribution is 0.137. The molecule has 0 aliphatic carbocycles. The van der Waals surface area contributed by atoms with Crippen LogP contribution in [0.5, 0.6) is 0 Å². The third-order valence-corrected chi connectivity index (χ3v) is 4.52. The Morgan fingerprint density at radius 2 is 1.89 bits per heavy atom. The van der Waals surface area contributed by atoms with Crippen molar-refractivity contribution >= 4 is 21.6 Å². The lowest BCUT2D eigenvalue weighted by Gasteiger charge is -2.36. The summed E-state index contributed by atoms with van der Waals surface area (Å²) in [5, 5.41) is 3.49. The Bertz CT molecular complexity index is 380. The first-order valence-electron chi connectivity index (χ1n) is 6.78. The van der Waals surface area contributed by atoms with Gasteiger partial charge in [0, 0.05) is 23.2 Å². The molecule has 1 aliphatic heterocycles. The maximum Gasteiger partial charge on any atom is 0.0485 e. The van der Waals surface area contributed by atoms with E-state index in [-0.39, 0.29) is 0 Å². The number of rotatable bonds is 4. The highest BCUT2D eigenvalue weighted by atomic mass is 79.9. The summed E-state index contributed by atoms with van der Waals surface area (Å²) in [5.74, 6) is 0. The Labute approximate surface area is 119 Å². The molecule has 1 aliphatic rings. The third-order valence-electron chi connectivity index (χ3n) is 3.83. The van der Waals surface area contributed by atoms with Crippen LogP contribution in [0, 0.1) is 5.41 Å². The second kappa shape index (κ2) is 6.07. The van der Waals surface area contributed by atoms with Gasteiger partial charge in [-0.1, -0.05) is 26.0 Å². The number of benzene rings is 1. The molecule has 0 radical (unpaired) electrons. The van der Waals surface area contributed by atoms with Gasteiger partial charge in [-0.3, -0.25) is 0 Å². The molecule has 1 aromatic carbocycles. The number of nitrogens with one attached hydrogen (secondary N) is 1. The van der Waals surface area contributed by atoms with E-state index in [0.717, 1.165) is 17.6 Å². The van der Waals surface area contributed by atoms with Crippen molar-refractivity contribution in [2.24, 2.45) is 5.41 Å². The van der Waals surface area contributed by atoms with Crippen molar-refractivity contribution in [1.29, 1.82) is 0 Å². The maximum absolute atomic E-state index is 3.56. The Morgan fingerprint density at radius 1 is 1.22 bits per heavy atom. The second-order valence-electron chi connectivity index (χ2n) is 5.91. The van der Waals surface area contributed by atoms with Crippen LogP contribution in [0.3, 0.4) is 0 Å². The molecular weight excluding hydrogens is 288 g/mol. The van der Waals surface area contributed by atoms with E-state index in [1.807, 2.05) is 6.07 Å². The number of piperidine rings is 1. The van der Waals surface area contributed by atoms with Gasteiger partial charge in [-0.25, -0.2) is 0 Å². The molecule has 1 N–H and O–H groups in total. The first kappa shape index (κ1) is 13.9. The highest BCUT2D eigenvalue weighted by Gasteiger charge is 2.24. The van der Waals surface area contributed by atoms with Gasteiger partial charge in [-0.05, 0) is 59.4 Å². The zero-order chi connectivity index (χ0) is 13.0. The molecule has 1 aromatic rings. The minimum absolute atomic E-state index is 0.548. The molecule has 0 amide bonds. The lowest BCUT2D eigenvalue weighted by Crippen LogP contribution is -2.39. The minimum atomic E-state index is 0.548. The lowest BCUT2D eigenvalue weighted by atomic mass is 9.83. The standard InChI is InChI=1S/C15H23BrN2/c1-15(2)7-10-18(11-8-15)12-9-17-14-6-4-3-5-13(14)16/h3-6,17H,7-12H2,1-2H3. The van der Waals surface area contributed by atoms with E-state index in [4.69, 9.17) is 0 Å². The van der Waals surface area contributed by atoms with E-state index in [9.17, 15) is 0 Å². The summed E-state index contributed by atoms with van der Waals surface area (Å²) in [6.07, 6.45) is 2.64. The second-order valence-corrected chi connectivity index (χ2v) is 6.77. The third kappa shape index (κ3) is 3.99. The molecule has 0 spiro atoms. The molecule has 1 saturated heterocycles. The van der Waals surface area contributed by atoms with Gasteiger partial charge >= 0.3 is 0 Å². The number of anilines is 1. The highest BCUT2D eigenvalue weighted by molar-refractivity contribution is 9.10. The highest BCUT2D eigenvalue weighted by Crippen LogP contribution is 2.29. The predicted octanol–water partition coefficient (Wildman–Crippen LogP) is 3.98. The molecule has 1 fully saturated rings. The Balaban J connectivity index is 1.72. The fourth-order valence-corrected chi connectivity index (χ4v) is 2.76. The summed E-state index contributed by atoms with van der Waals surface area (Å²) >= 11 is 3.56. The molecule has 0 unspecified atom stereocenters. The molecule has 0 saturated carbocycles. The number of hydrogen-bond acceptors (Lipinski definition) is 2. The van der Waals surface area contributed by atoms with Gasteiger partial charge < -0.3 is 10.2 Å². The molecule has 3 heteroatoms. The number of likely N-dealkylation sites (tertiary alicyclic amines) is 1. The van der Waals surface area contributed by atoms with E-state index in [2.05, 4.69) is 58.2 Å². The van der Waals surface area contributed by atoms with E-state index in [1.165, 1.54) is 31.6 Å². The van der Waals surface area contributed by atoms with Gasteiger partial charge in [-0.15, -0.1) is 0 Å². The molecule has 2 nitrogen and oxygen atoms in total. The van der Waals surface area contributed by atoms with Crippen LogP contribution in [0.25, 0.3) is 0 Å². The molecular formula is C15H23BrN2. The molecule has 0 aromatic heterocycles. The normalized spacial score (nSPS) is 19.7. The Hall–Kier alpha value is -0.540. The van der Waals surface area contributed by atoms with Crippen molar-refractivity contribution in [2.75, 3.05) is 31.5 Å². The van der Waals surface area contributed by atoms with Crippen molar-refractivity contribution in [1.82, 2.24) is 4.90 Å². The molecule has 0 bridgehead atoms. The van der Waals surface area contributed by atoms with Crippen molar-refractivity contribution in [2.45, 2.75) is 26.7 Å². The summed E-state index contributed by atoms with van der Waals surface area (Å²) in [5.41, 5.74) is 1.74. The van der Waals surface area contributed by atoms with Gasteiger partial charge in [0.15, 0.2) is 0 Å². The first-order valence-corrected chi connectivity index (χ1v) is 7.57. The monoisotopic (exact) mass is 310 g/mol. The number of halogens is 1. The minimum Gasteiger partial charge on any atom is -0.383 e. The topological polar surface area (TPSA) is 15.3 Å². The van der Waals surface area contributed by atoms with Gasteiger partial charge in [0.1, 0.15) is 0 Å². The van der Waals surface area contributed by atoms with Crippen LogP contribution in [0.15, 0.2) is 28.7 Å². The van der Waals surface area contributed by atoms with Gasteiger partial charge in [-0.2, -0.15) is 0 Å². The van der Waals surface area contributed by atoms with Crippen LogP contribution < -0.4 is 5.32 Å². The van der Waals surface area contributed by atoms with Gasteiger partial charge in [0.2, 0.25) is 0 Å². The smallest absolute Gasteiger partial charge is 0.0485 e. The fourth-order valence-electron chi connectivity index (χ4n) is 2.34. The summed E-state index contributed by atoms with van der Waals surface area (Å²) in [4.78, 5) is 2.56. The van der Waals surface area contributed by atoms with Crippen LogP contribution >= 0.6 is 15.9 Å². The van der Waals surface area contributed by atoms with E-state index >= 15 is 0 Å². The predicted molar refractivity (Wildman–Crippen MR) is 82.1 cm³/mol. The van der Waals surface area contributed by atoms with Crippen molar-refractivity contribution < 1.29 is 0 Å². The zero-order valence-corrected chi connectivity index (χ0v) is 13.0. The van der Waals surface area contributed by atoms with Gasteiger partial charge in [0.05, 0.1) is 0 Å². The van der Waals surface area contributed by atoms with Crippen LogP contribution in [0.4, 0.5) is 5.69 Å². The van der Waals surface area contributed by atoms with E-state index in [0.29, 0.717) is 5.41 Å². The number of nitrogens with zero attached hydrogens (tertiary/aromatic N) is 1. The average molecular weight is 311 g/mol. The summed E-state index contributed by atoms with van der Waals surface area (Å²) in [6, 6.07) is 8.30. The molecule has 2 rings (SSSR count). The Morgan fingerprint density at radius 3 is 2.56 bits per heavy atom. The maximum atomic E-state index is 3.56. The number of para-hydroxylation sites is 1. The molecule has 1 heterocycles. The largest absolute Gasteiger partial charge is 0.383 e. The number of hydrogen-bond donors (Lipinski definition) is 1. The summed E-state index contributed by atoms with van der Waals surface area (Å²) in [6.45, 7) is 9.39. The summed E-state index contributed by atoms with van der Waals surface area (Å²) < 4.78 is 1.14.